The molecular formula is C17H28N2O2. The molecule has 2 rings (SSSR count). The number of rotatable bonds is 9. The van der Waals surface area contributed by atoms with E-state index in [1.165, 1.54) is 5.69 Å². The van der Waals surface area contributed by atoms with E-state index in [2.05, 4.69) is 41.4 Å². The summed E-state index contributed by atoms with van der Waals surface area (Å²) in [5.41, 5.74) is 1.27. The Morgan fingerprint density at radius 2 is 2.48 bits per heavy atom. The van der Waals surface area contributed by atoms with Crippen LogP contribution in [0.5, 0.6) is 0 Å². The summed E-state index contributed by atoms with van der Waals surface area (Å²) in [5, 5.41) is 10.2. The van der Waals surface area contributed by atoms with Crippen LogP contribution in [0.1, 0.15) is 31.4 Å². The van der Waals surface area contributed by atoms with Crippen LogP contribution in [-0.2, 0) is 18.3 Å². The Hall–Kier alpha value is -1.10. The Labute approximate surface area is 128 Å². The van der Waals surface area contributed by atoms with E-state index in [9.17, 15) is 5.11 Å². The van der Waals surface area contributed by atoms with Gasteiger partial charge in [-0.05, 0) is 37.8 Å². The molecule has 0 aromatic carbocycles. The van der Waals surface area contributed by atoms with Crippen LogP contribution in [0.3, 0.4) is 0 Å². The maximum atomic E-state index is 10.2. The second kappa shape index (κ2) is 8.37. The van der Waals surface area contributed by atoms with Gasteiger partial charge in [-0.25, -0.2) is 0 Å². The molecule has 2 unspecified atom stereocenters. The maximum absolute atomic E-state index is 10.2. The summed E-state index contributed by atoms with van der Waals surface area (Å²) in [6, 6.07) is 4.20. The van der Waals surface area contributed by atoms with Gasteiger partial charge in [0.1, 0.15) is 0 Å². The molecule has 21 heavy (non-hydrogen) atoms. The van der Waals surface area contributed by atoms with Gasteiger partial charge in [-0.1, -0.05) is 6.08 Å². The second-order valence-electron chi connectivity index (χ2n) is 5.96. The van der Waals surface area contributed by atoms with Crippen LogP contribution in [0.2, 0.25) is 0 Å². The topological polar surface area (TPSA) is 37.6 Å². The molecule has 1 saturated heterocycles. The SMILES string of the molecule is C=CCCC(O)CN(Cc1cccn1C)CC1CCCO1. The van der Waals surface area contributed by atoms with Crippen LogP contribution in [-0.4, -0.2) is 46.5 Å². The molecule has 4 heteroatoms. The first kappa shape index (κ1) is 16.3. The van der Waals surface area contributed by atoms with Crippen molar-refractivity contribution >= 4 is 0 Å². The molecule has 1 aliphatic heterocycles. The minimum Gasteiger partial charge on any atom is -0.392 e. The average molecular weight is 292 g/mol. The smallest absolute Gasteiger partial charge is 0.0703 e. The number of aliphatic hydroxyl groups excluding tert-OH is 1. The molecule has 1 fully saturated rings. The van der Waals surface area contributed by atoms with E-state index < -0.39 is 0 Å². The number of hydrogen-bond acceptors (Lipinski definition) is 3. The fraction of sp³-hybridized carbons (Fsp3) is 0.647. The van der Waals surface area contributed by atoms with Gasteiger partial charge in [0.25, 0.3) is 0 Å². The highest BCUT2D eigenvalue weighted by molar-refractivity contribution is 5.06. The molecule has 0 radical (unpaired) electrons. The van der Waals surface area contributed by atoms with E-state index in [4.69, 9.17) is 4.74 Å². The molecule has 1 aliphatic rings. The first-order chi connectivity index (χ1) is 10.2. The van der Waals surface area contributed by atoms with Crippen LogP contribution in [0.4, 0.5) is 0 Å². The first-order valence-corrected chi connectivity index (χ1v) is 7.92. The lowest BCUT2D eigenvalue weighted by atomic mass is 10.1. The molecule has 2 heterocycles. The van der Waals surface area contributed by atoms with E-state index in [1.807, 2.05) is 6.08 Å². The molecule has 118 valence electrons. The third-order valence-corrected chi connectivity index (χ3v) is 4.10. The normalized spacial score (nSPS) is 20.0. The highest BCUT2D eigenvalue weighted by Gasteiger charge is 2.21. The molecule has 4 nitrogen and oxygen atoms in total. The lowest BCUT2D eigenvalue weighted by Crippen LogP contribution is -2.37. The summed E-state index contributed by atoms with van der Waals surface area (Å²) in [6.45, 7) is 7.04. The van der Waals surface area contributed by atoms with Gasteiger partial charge >= 0.3 is 0 Å². The van der Waals surface area contributed by atoms with Crippen molar-refractivity contribution in [2.24, 2.45) is 7.05 Å². The van der Waals surface area contributed by atoms with E-state index in [0.717, 1.165) is 45.4 Å². The Morgan fingerprint density at radius 3 is 3.10 bits per heavy atom. The predicted molar refractivity (Wildman–Crippen MR) is 85.1 cm³/mol. The molecule has 2 atom stereocenters. The fourth-order valence-electron chi connectivity index (χ4n) is 2.87. The molecule has 1 aromatic heterocycles. The number of allylic oxidation sites excluding steroid dienone is 1. The number of nitrogens with zero attached hydrogens (tertiary/aromatic N) is 2. The van der Waals surface area contributed by atoms with Crippen LogP contribution in [0, 0.1) is 0 Å². The van der Waals surface area contributed by atoms with Crippen molar-refractivity contribution in [3.63, 3.8) is 0 Å². The zero-order chi connectivity index (χ0) is 15.1. The number of aliphatic hydroxyl groups is 1. The monoisotopic (exact) mass is 292 g/mol. The van der Waals surface area contributed by atoms with E-state index >= 15 is 0 Å². The van der Waals surface area contributed by atoms with Crippen molar-refractivity contribution in [2.45, 2.75) is 44.4 Å². The number of aryl methyl sites for hydroxylation is 1. The largest absolute Gasteiger partial charge is 0.392 e. The molecule has 0 bridgehead atoms. The van der Waals surface area contributed by atoms with Gasteiger partial charge in [0, 0.05) is 45.2 Å². The highest BCUT2D eigenvalue weighted by atomic mass is 16.5. The van der Waals surface area contributed by atoms with Crippen LogP contribution in [0.15, 0.2) is 31.0 Å². The number of aromatic nitrogens is 1. The summed E-state index contributed by atoms with van der Waals surface area (Å²) < 4.78 is 7.89. The molecule has 0 aliphatic carbocycles. The first-order valence-electron chi connectivity index (χ1n) is 7.92. The zero-order valence-electron chi connectivity index (χ0n) is 13.1. The van der Waals surface area contributed by atoms with Crippen molar-refractivity contribution in [1.29, 1.82) is 0 Å². The summed E-state index contributed by atoms with van der Waals surface area (Å²) in [5.74, 6) is 0. The molecular weight excluding hydrogens is 264 g/mol. The van der Waals surface area contributed by atoms with Crippen LogP contribution < -0.4 is 0 Å². The van der Waals surface area contributed by atoms with Gasteiger partial charge in [-0.15, -0.1) is 6.58 Å². The molecule has 0 saturated carbocycles. The Bertz CT molecular complexity index is 424. The molecule has 1 N–H and O–H groups in total. The van der Waals surface area contributed by atoms with Crippen molar-refractivity contribution < 1.29 is 9.84 Å². The molecule has 0 spiro atoms. The summed E-state index contributed by atoms with van der Waals surface area (Å²) >= 11 is 0. The average Bonchev–Trinajstić information content (AvgIpc) is 3.09. The Balaban J connectivity index is 1.92. The van der Waals surface area contributed by atoms with Gasteiger partial charge in [0.2, 0.25) is 0 Å². The Morgan fingerprint density at radius 1 is 1.62 bits per heavy atom. The standard InChI is InChI=1S/C17H28N2O2/c1-3-4-8-16(20)13-19(14-17-9-6-11-21-17)12-15-7-5-10-18(15)2/h3,5,7,10,16-17,20H,1,4,6,8-9,11-14H2,2H3. The maximum Gasteiger partial charge on any atom is 0.0703 e. The number of hydrogen-bond donors (Lipinski definition) is 1. The Kier molecular flexibility index (Phi) is 6.49. The zero-order valence-corrected chi connectivity index (χ0v) is 13.1. The van der Waals surface area contributed by atoms with Crippen molar-refractivity contribution in [3.8, 4) is 0 Å². The van der Waals surface area contributed by atoms with Gasteiger partial charge in [-0.2, -0.15) is 0 Å². The third kappa shape index (κ3) is 5.30. The van der Waals surface area contributed by atoms with Crippen molar-refractivity contribution in [1.82, 2.24) is 9.47 Å². The van der Waals surface area contributed by atoms with Crippen LogP contribution >= 0.6 is 0 Å². The van der Waals surface area contributed by atoms with Gasteiger partial charge < -0.3 is 14.4 Å². The van der Waals surface area contributed by atoms with Crippen molar-refractivity contribution in [3.05, 3.63) is 36.7 Å². The van der Waals surface area contributed by atoms with Gasteiger partial charge in [-0.3, -0.25) is 4.90 Å². The molecule has 0 amide bonds. The summed E-state index contributed by atoms with van der Waals surface area (Å²) in [4.78, 5) is 2.32. The third-order valence-electron chi connectivity index (χ3n) is 4.10. The van der Waals surface area contributed by atoms with E-state index in [0.29, 0.717) is 12.6 Å². The summed E-state index contributed by atoms with van der Waals surface area (Å²) in [7, 11) is 2.06. The second-order valence-corrected chi connectivity index (χ2v) is 5.96. The minimum atomic E-state index is -0.301. The van der Waals surface area contributed by atoms with E-state index in [1.54, 1.807) is 0 Å². The lowest BCUT2D eigenvalue weighted by Gasteiger charge is -2.27. The van der Waals surface area contributed by atoms with Crippen molar-refractivity contribution in [2.75, 3.05) is 19.7 Å². The number of ether oxygens (including phenoxy) is 1. The fourth-order valence-corrected chi connectivity index (χ4v) is 2.87. The van der Waals surface area contributed by atoms with E-state index in [-0.39, 0.29) is 6.10 Å². The highest BCUT2D eigenvalue weighted by Crippen LogP contribution is 2.16. The molecule has 1 aromatic rings. The predicted octanol–water partition coefficient (Wildman–Crippen LogP) is 2.33. The minimum absolute atomic E-state index is 0.301. The lowest BCUT2D eigenvalue weighted by molar-refractivity contribution is 0.0437. The summed E-state index contributed by atoms with van der Waals surface area (Å²) in [6.07, 6.45) is 7.87. The van der Waals surface area contributed by atoms with Crippen LogP contribution in [0.25, 0.3) is 0 Å². The van der Waals surface area contributed by atoms with Gasteiger partial charge in [0.15, 0.2) is 0 Å². The quantitative estimate of drug-likeness (QED) is 0.710. The van der Waals surface area contributed by atoms with Gasteiger partial charge in [0.05, 0.1) is 12.2 Å².